The summed E-state index contributed by atoms with van der Waals surface area (Å²) in [5, 5.41) is 47.3. The summed E-state index contributed by atoms with van der Waals surface area (Å²) in [4.78, 5) is 2.42. The number of hydrogen-bond acceptors (Lipinski definition) is 8. The lowest BCUT2D eigenvalue weighted by molar-refractivity contribution is -0.297. The molecule has 0 amide bonds. The summed E-state index contributed by atoms with van der Waals surface area (Å²) >= 11 is 0. The Labute approximate surface area is 189 Å². The van der Waals surface area contributed by atoms with E-state index in [1.165, 1.54) is 0 Å². The number of aliphatic hydroxyl groups is 4. The molecule has 6 aliphatic rings. The first kappa shape index (κ1) is 22.2. The van der Waals surface area contributed by atoms with E-state index in [2.05, 4.69) is 11.8 Å². The Balaban J connectivity index is 1.64. The van der Waals surface area contributed by atoms with Crippen LogP contribution in [-0.2, 0) is 14.2 Å². The monoisotopic (exact) mass is 453 g/mol. The molecule has 1 saturated heterocycles. The molecule has 6 fully saturated rings. The van der Waals surface area contributed by atoms with Crippen molar-refractivity contribution in [2.75, 3.05) is 41.0 Å². The van der Waals surface area contributed by atoms with Crippen LogP contribution in [0.2, 0.25) is 0 Å². The molecular formula is C24H39NO7. The molecule has 14 atom stereocenters. The normalized spacial score (nSPS) is 62.4. The number of aliphatic hydroxyl groups excluding tert-OH is 3. The molecule has 0 aromatic rings. The number of hydrogen-bond donors (Lipinski definition) is 4. The maximum atomic E-state index is 12.5. The molecular weight excluding hydrogens is 414 g/mol. The molecule has 182 valence electrons. The van der Waals surface area contributed by atoms with E-state index in [0.717, 1.165) is 19.5 Å². The van der Waals surface area contributed by atoms with Gasteiger partial charge in [-0.1, -0.05) is 6.92 Å². The molecule has 8 nitrogen and oxygen atoms in total. The van der Waals surface area contributed by atoms with Crippen LogP contribution in [0.1, 0.15) is 26.2 Å². The number of nitrogens with zero attached hydrogens (tertiary/aromatic N) is 1. The van der Waals surface area contributed by atoms with Crippen LogP contribution in [0.4, 0.5) is 0 Å². The van der Waals surface area contributed by atoms with Crippen LogP contribution in [0.25, 0.3) is 0 Å². The average molecular weight is 454 g/mol. The van der Waals surface area contributed by atoms with E-state index in [9.17, 15) is 20.4 Å². The number of ether oxygens (including phenoxy) is 3. The summed E-state index contributed by atoms with van der Waals surface area (Å²) in [6.07, 6.45) is -1.22. The van der Waals surface area contributed by atoms with Crippen LogP contribution in [-0.4, -0.2) is 109 Å². The van der Waals surface area contributed by atoms with E-state index in [0.29, 0.717) is 19.4 Å². The number of methoxy groups -OCH3 is 3. The molecule has 32 heavy (non-hydrogen) atoms. The molecule has 0 aromatic heterocycles. The van der Waals surface area contributed by atoms with Crippen LogP contribution in [0, 0.1) is 40.4 Å². The number of likely N-dealkylation sites (tertiary alicyclic amines) is 1. The summed E-state index contributed by atoms with van der Waals surface area (Å²) in [6.45, 7) is 4.33. The Morgan fingerprint density at radius 3 is 2.38 bits per heavy atom. The fraction of sp³-hybridized carbons (Fsp3) is 1.00. The van der Waals surface area contributed by atoms with Gasteiger partial charge < -0.3 is 34.6 Å². The van der Waals surface area contributed by atoms with Gasteiger partial charge in [0, 0.05) is 68.4 Å². The molecule has 4 N–H and O–H groups in total. The Kier molecular flexibility index (Phi) is 4.76. The van der Waals surface area contributed by atoms with E-state index < -0.39 is 47.3 Å². The average Bonchev–Trinajstić information content (AvgIpc) is 3.19. The molecule has 7 bridgehead atoms. The molecule has 5 aliphatic carbocycles. The van der Waals surface area contributed by atoms with Crippen molar-refractivity contribution in [1.82, 2.24) is 4.90 Å². The fourth-order valence-corrected chi connectivity index (χ4v) is 10.7. The largest absolute Gasteiger partial charge is 0.392 e. The first-order valence-electron chi connectivity index (χ1n) is 12.3. The minimum atomic E-state index is -1.54. The quantitative estimate of drug-likeness (QED) is 0.440. The van der Waals surface area contributed by atoms with Gasteiger partial charge >= 0.3 is 0 Å². The molecule has 1 spiro atoms. The van der Waals surface area contributed by atoms with Crippen LogP contribution in [0.3, 0.4) is 0 Å². The van der Waals surface area contributed by atoms with E-state index in [-0.39, 0.29) is 35.3 Å². The molecule has 1 aliphatic heterocycles. The van der Waals surface area contributed by atoms with Gasteiger partial charge in [-0.2, -0.15) is 0 Å². The fourth-order valence-electron chi connectivity index (χ4n) is 10.7. The van der Waals surface area contributed by atoms with Crippen LogP contribution in [0.15, 0.2) is 0 Å². The lowest BCUT2D eigenvalue weighted by Crippen LogP contribution is -2.78. The van der Waals surface area contributed by atoms with Gasteiger partial charge in [0.1, 0.15) is 11.7 Å². The first-order chi connectivity index (χ1) is 15.3. The zero-order valence-corrected chi connectivity index (χ0v) is 19.6. The topological polar surface area (TPSA) is 112 Å². The van der Waals surface area contributed by atoms with Gasteiger partial charge in [-0.15, -0.1) is 0 Å². The highest BCUT2D eigenvalue weighted by Crippen LogP contribution is 2.79. The van der Waals surface area contributed by atoms with Crippen molar-refractivity contribution in [3.63, 3.8) is 0 Å². The lowest BCUT2D eigenvalue weighted by atomic mass is 9.43. The Morgan fingerprint density at radius 1 is 1.03 bits per heavy atom. The highest BCUT2D eigenvalue weighted by atomic mass is 16.5. The lowest BCUT2D eigenvalue weighted by Gasteiger charge is -2.69. The maximum absolute atomic E-state index is 12.5. The van der Waals surface area contributed by atoms with Gasteiger partial charge in [-0.25, -0.2) is 0 Å². The summed E-state index contributed by atoms with van der Waals surface area (Å²) in [5.74, 6) is -1.29. The number of fused-ring (bicyclic) bond motifs is 2. The van der Waals surface area contributed by atoms with Crippen molar-refractivity contribution in [2.45, 2.75) is 68.3 Å². The smallest absolute Gasteiger partial charge is 0.110 e. The second-order valence-electron chi connectivity index (χ2n) is 11.6. The van der Waals surface area contributed by atoms with Crippen molar-refractivity contribution in [3.05, 3.63) is 0 Å². The zero-order chi connectivity index (χ0) is 22.8. The Bertz CT molecular complexity index is 783. The van der Waals surface area contributed by atoms with E-state index in [4.69, 9.17) is 14.2 Å². The van der Waals surface area contributed by atoms with E-state index in [1.54, 1.807) is 21.3 Å². The van der Waals surface area contributed by atoms with E-state index >= 15 is 0 Å². The predicted octanol–water partition coefficient (Wildman–Crippen LogP) is -0.527. The maximum Gasteiger partial charge on any atom is 0.110 e. The summed E-state index contributed by atoms with van der Waals surface area (Å²) in [5.41, 5.74) is -2.24. The van der Waals surface area contributed by atoms with Gasteiger partial charge in [-0.05, 0) is 31.7 Å². The molecule has 7 unspecified atom stereocenters. The van der Waals surface area contributed by atoms with Crippen molar-refractivity contribution < 1.29 is 34.6 Å². The van der Waals surface area contributed by atoms with Crippen molar-refractivity contribution in [1.29, 1.82) is 0 Å². The predicted molar refractivity (Wildman–Crippen MR) is 114 cm³/mol. The standard InChI is InChI=1S/C24H39NO7/c1-5-25-9-22(10-30-2)7-6-13(26)23-12-8-11-16(27)14(12)24(29,21(28)17(11)31-3)15(20(23)25)18(32-4)19(22)23/h11-21,26-29H,5-10H2,1-4H3/t11?,12?,13-,14?,15?,16-,17+,18-,19?,20?,21-,22+,23?,24+/m0/s1. The number of rotatable bonds is 5. The highest BCUT2D eigenvalue weighted by molar-refractivity contribution is 5.36. The molecule has 0 aromatic carbocycles. The first-order valence-corrected chi connectivity index (χ1v) is 12.3. The second kappa shape index (κ2) is 6.88. The van der Waals surface area contributed by atoms with E-state index in [1.807, 2.05) is 0 Å². The van der Waals surface area contributed by atoms with Crippen molar-refractivity contribution in [2.24, 2.45) is 40.4 Å². The Morgan fingerprint density at radius 2 is 1.75 bits per heavy atom. The Hall–Kier alpha value is -0.320. The minimum Gasteiger partial charge on any atom is -0.392 e. The van der Waals surface area contributed by atoms with Crippen LogP contribution >= 0.6 is 0 Å². The molecule has 0 radical (unpaired) electrons. The summed E-state index contributed by atoms with van der Waals surface area (Å²) < 4.78 is 17.7. The minimum absolute atomic E-state index is 0.000250. The van der Waals surface area contributed by atoms with Gasteiger partial charge in [0.15, 0.2) is 0 Å². The van der Waals surface area contributed by atoms with Crippen LogP contribution < -0.4 is 0 Å². The second-order valence-corrected chi connectivity index (χ2v) is 11.6. The molecule has 8 heteroatoms. The highest BCUT2D eigenvalue weighted by Gasteiger charge is 2.87. The molecule has 1 heterocycles. The number of piperidine rings is 1. The molecule has 6 rings (SSSR count). The SMILES string of the molecule is CCN1C[C@@]2(COC)CC[C@H](O)C34C5CC6[C@H](O)C5[C@@](O)(C(C13)[C@H](OC)C42)[C@@H](O)[C@@H]6OC. The third-order valence-electron chi connectivity index (χ3n) is 11.2. The summed E-state index contributed by atoms with van der Waals surface area (Å²) in [6, 6.07) is -0.120. The van der Waals surface area contributed by atoms with Crippen molar-refractivity contribution in [3.8, 4) is 0 Å². The van der Waals surface area contributed by atoms with Gasteiger partial charge in [0.2, 0.25) is 0 Å². The zero-order valence-electron chi connectivity index (χ0n) is 19.6. The van der Waals surface area contributed by atoms with Gasteiger partial charge in [0.05, 0.1) is 31.0 Å². The molecule has 5 saturated carbocycles. The van der Waals surface area contributed by atoms with Gasteiger partial charge in [0.25, 0.3) is 0 Å². The third kappa shape index (κ3) is 2.07. The summed E-state index contributed by atoms with van der Waals surface area (Å²) in [7, 11) is 4.98. The van der Waals surface area contributed by atoms with Gasteiger partial charge in [-0.3, -0.25) is 4.90 Å². The van der Waals surface area contributed by atoms with Crippen molar-refractivity contribution >= 4 is 0 Å². The van der Waals surface area contributed by atoms with Crippen LogP contribution in [0.5, 0.6) is 0 Å². The third-order valence-corrected chi connectivity index (χ3v) is 11.2.